The highest BCUT2D eigenvalue weighted by atomic mass is 32.2. The highest BCUT2D eigenvalue weighted by Crippen LogP contribution is 2.21. The summed E-state index contributed by atoms with van der Waals surface area (Å²) >= 11 is 1.49. The fourth-order valence-corrected chi connectivity index (χ4v) is 5.05. The fourth-order valence-electron chi connectivity index (χ4n) is 2.99. The molecule has 1 heterocycles. The van der Waals surface area contributed by atoms with Crippen LogP contribution in [-0.2, 0) is 19.6 Å². The van der Waals surface area contributed by atoms with Gasteiger partial charge in [0.15, 0.2) is 0 Å². The van der Waals surface area contributed by atoms with E-state index in [0.717, 1.165) is 0 Å². The molecule has 10 heteroatoms. The third-order valence-electron chi connectivity index (χ3n) is 4.35. The van der Waals surface area contributed by atoms with Crippen molar-refractivity contribution < 1.29 is 27.9 Å². The second kappa shape index (κ2) is 9.73. The Hall–Kier alpha value is -1.62. The summed E-state index contributed by atoms with van der Waals surface area (Å²) in [5.41, 5.74) is 0.207. The Balaban J connectivity index is 2.11. The first-order chi connectivity index (χ1) is 13.1. The van der Waals surface area contributed by atoms with Gasteiger partial charge in [-0.15, -0.1) is 0 Å². The number of ether oxygens (including phenoxy) is 1. The van der Waals surface area contributed by atoms with Gasteiger partial charge in [-0.25, -0.2) is 13.2 Å². The molecule has 0 spiro atoms. The van der Waals surface area contributed by atoms with E-state index in [0.29, 0.717) is 12.2 Å². The van der Waals surface area contributed by atoms with Gasteiger partial charge in [0.05, 0.1) is 17.1 Å². The van der Waals surface area contributed by atoms with Crippen LogP contribution in [0.5, 0.6) is 0 Å². The number of hydrogen-bond acceptors (Lipinski definition) is 6. The van der Waals surface area contributed by atoms with Gasteiger partial charge in [0.1, 0.15) is 6.04 Å². The molecule has 1 saturated heterocycles. The van der Waals surface area contributed by atoms with Crippen LogP contribution in [0.1, 0.15) is 30.6 Å². The Morgan fingerprint density at radius 1 is 1.25 bits per heavy atom. The van der Waals surface area contributed by atoms with Crippen molar-refractivity contribution in [3.05, 3.63) is 29.8 Å². The van der Waals surface area contributed by atoms with E-state index in [1.807, 2.05) is 20.1 Å². The highest BCUT2D eigenvalue weighted by molar-refractivity contribution is 7.98. The second-order valence-electron chi connectivity index (χ2n) is 6.75. The molecule has 0 unspecified atom stereocenters. The Bertz CT molecular complexity index is 787. The lowest BCUT2D eigenvalue weighted by Crippen LogP contribution is -2.48. The highest BCUT2D eigenvalue weighted by Gasteiger charge is 2.32. The van der Waals surface area contributed by atoms with Crippen molar-refractivity contribution in [3.63, 3.8) is 0 Å². The predicted octanol–water partition coefficient (Wildman–Crippen LogP) is 1.42. The number of benzene rings is 1. The molecule has 2 N–H and O–H groups in total. The minimum absolute atomic E-state index is 0.0857. The number of carbonyl (C=O) groups excluding carboxylic acids is 1. The average Bonchev–Trinajstić information content (AvgIpc) is 2.64. The van der Waals surface area contributed by atoms with E-state index in [9.17, 15) is 23.1 Å². The molecule has 3 atom stereocenters. The van der Waals surface area contributed by atoms with E-state index in [1.165, 1.54) is 40.3 Å². The average molecular weight is 431 g/mol. The summed E-state index contributed by atoms with van der Waals surface area (Å²) in [7, 11) is -3.69. The molecule has 1 aromatic rings. The summed E-state index contributed by atoms with van der Waals surface area (Å²) in [6, 6.07) is 4.53. The lowest BCUT2D eigenvalue weighted by atomic mass is 10.1. The molecule has 1 aliphatic rings. The Labute approximate surface area is 169 Å². The third-order valence-corrected chi connectivity index (χ3v) is 6.84. The molecule has 0 bridgehead atoms. The SMILES string of the molecule is CSCC[C@H](NC(=O)c1ccc(S(=O)(=O)N2C[C@@H](C)O[C@@H](C)C2)cc1)C(=O)O. The van der Waals surface area contributed by atoms with E-state index in [1.54, 1.807) is 0 Å². The quantitative estimate of drug-likeness (QED) is 0.641. The van der Waals surface area contributed by atoms with Crippen molar-refractivity contribution in [1.29, 1.82) is 0 Å². The van der Waals surface area contributed by atoms with Gasteiger partial charge in [-0.3, -0.25) is 4.79 Å². The van der Waals surface area contributed by atoms with Crippen LogP contribution in [0.4, 0.5) is 0 Å². The van der Waals surface area contributed by atoms with Crippen LogP contribution in [-0.4, -0.2) is 73.1 Å². The number of carboxylic acid groups (broad SMARTS) is 1. The van der Waals surface area contributed by atoms with Crippen molar-refractivity contribution in [3.8, 4) is 0 Å². The maximum atomic E-state index is 12.8. The van der Waals surface area contributed by atoms with Gasteiger partial charge in [-0.1, -0.05) is 0 Å². The molecule has 8 nitrogen and oxygen atoms in total. The molecule has 0 aromatic heterocycles. The lowest BCUT2D eigenvalue weighted by Gasteiger charge is -2.34. The van der Waals surface area contributed by atoms with E-state index in [4.69, 9.17) is 4.74 Å². The van der Waals surface area contributed by atoms with E-state index in [-0.39, 0.29) is 35.8 Å². The standard InChI is InChI=1S/C18H26N2O6S2/c1-12-10-20(11-13(2)26-12)28(24,25)15-6-4-14(5-7-15)17(21)19-16(18(22)23)8-9-27-3/h4-7,12-13,16H,8-11H2,1-3H3,(H,19,21)(H,22,23)/t12-,13+,16-/m0/s1. The fraction of sp³-hybridized carbons (Fsp3) is 0.556. The minimum Gasteiger partial charge on any atom is -0.480 e. The summed E-state index contributed by atoms with van der Waals surface area (Å²) in [6.45, 7) is 4.18. The van der Waals surface area contributed by atoms with E-state index in [2.05, 4.69) is 5.32 Å². The first kappa shape index (κ1) is 22.7. The zero-order chi connectivity index (χ0) is 20.9. The van der Waals surface area contributed by atoms with Crippen LogP contribution in [0.2, 0.25) is 0 Å². The number of aliphatic carboxylic acids is 1. The number of thioether (sulfide) groups is 1. The number of carbonyl (C=O) groups is 2. The van der Waals surface area contributed by atoms with Crippen LogP contribution in [0.3, 0.4) is 0 Å². The summed E-state index contributed by atoms with van der Waals surface area (Å²) in [5.74, 6) is -1.05. The summed E-state index contributed by atoms with van der Waals surface area (Å²) < 4.78 is 32.6. The second-order valence-corrected chi connectivity index (χ2v) is 9.67. The number of nitrogens with zero attached hydrogens (tertiary/aromatic N) is 1. The minimum atomic E-state index is -3.69. The van der Waals surface area contributed by atoms with E-state index < -0.39 is 27.9 Å². The Morgan fingerprint density at radius 3 is 2.32 bits per heavy atom. The molecule has 1 fully saturated rings. The van der Waals surface area contributed by atoms with Crippen molar-refractivity contribution in [1.82, 2.24) is 9.62 Å². The van der Waals surface area contributed by atoms with Gasteiger partial charge >= 0.3 is 5.97 Å². The van der Waals surface area contributed by atoms with Crippen LogP contribution < -0.4 is 5.32 Å². The van der Waals surface area contributed by atoms with Crippen molar-refractivity contribution >= 4 is 33.7 Å². The monoisotopic (exact) mass is 430 g/mol. The first-order valence-corrected chi connectivity index (χ1v) is 11.8. The number of hydrogen-bond donors (Lipinski definition) is 2. The smallest absolute Gasteiger partial charge is 0.326 e. The van der Waals surface area contributed by atoms with Gasteiger partial charge in [-0.2, -0.15) is 16.1 Å². The molecule has 28 heavy (non-hydrogen) atoms. The van der Waals surface area contributed by atoms with Crippen LogP contribution >= 0.6 is 11.8 Å². The molecule has 2 rings (SSSR count). The van der Waals surface area contributed by atoms with Crippen LogP contribution in [0, 0.1) is 0 Å². The van der Waals surface area contributed by atoms with Crippen molar-refractivity contribution in [2.75, 3.05) is 25.1 Å². The zero-order valence-corrected chi connectivity index (χ0v) is 17.8. The van der Waals surface area contributed by atoms with Gasteiger partial charge in [0, 0.05) is 18.7 Å². The molecule has 1 aromatic carbocycles. The Kier molecular flexibility index (Phi) is 7.87. The van der Waals surface area contributed by atoms with Gasteiger partial charge in [0.2, 0.25) is 10.0 Å². The number of rotatable bonds is 8. The number of nitrogens with one attached hydrogen (secondary N) is 1. The molecule has 0 aliphatic carbocycles. The topological polar surface area (TPSA) is 113 Å². The summed E-state index contributed by atoms with van der Waals surface area (Å²) in [5, 5.41) is 11.7. The van der Waals surface area contributed by atoms with E-state index >= 15 is 0 Å². The maximum absolute atomic E-state index is 12.8. The third kappa shape index (κ3) is 5.69. The summed E-state index contributed by atoms with van der Waals surface area (Å²) in [6.07, 6.45) is 1.77. The van der Waals surface area contributed by atoms with Gasteiger partial charge in [0.25, 0.3) is 5.91 Å². The van der Waals surface area contributed by atoms with Crippen LogP contribution in [0.15, 0.2) is 29.2 Å². The number of carboxylic acids is 1. The first-order valence-electron chi connectivity index (χ1n) is 8.93. The van der Waals surface area contributed by atoms with Crippen LogP contribution in [0.25, 0.3) is 0 Å². The Morgan fingerprint density at radius 2 is 1.82 bits per heavy atom. The predicted molar refractivity (Wildman–Crippen MR) is 107 cm³/mol. The molecule has 1 amide bonds. The molecular formula is C18H26N2O6S2. The van der Waals surface area contributed by atoms with Crippen molar-refractivity contribution in [2.24, 2.45) is 0 Å². The summed E-state index contributed by atoms with van der Waals surface area (Å²) in [4.78, 5) is 23.7. The normalized spacial score (nSPS) is 21.8. The van der Waals surface area contributed by atoms with Gasteiger partial charge in [-0.05, 0) is 56.5 Å². The number of morpholine rings is 1. The number of amides is 1. The largest absolute Gasteiger partial charge is 0.480 e. The van der Waals surface area contributed by atoms with Gasteiger partial charge < -0.3 is 15.2 Å². The zero-order valence-electron chi connectivity index (χ0n) is 16.1. The lowest BCUT2D eigenvalue weighted by molar-refractivity contribution is -0.139. The van der Waals surface area contributed by atoms with Crippen molar-refractivity contribution in [2.45, 2.75) is 43.4 Å². The molecule has 0 saturated carbocycles. The molecule has 156 valence electrons. The molecular weight excluding hydrogens is 404 g/mol. The molecule has 0 radical (unpaired) electrons. The number of sulfonamides is 1. The molecule has 1 aliphatic heterocycles. The maximum Gasteiger partial charge on any atom is 0.326 e.